The summed E-state index contributed by atoms with van der Waals surface area (Å²) in [5.74, 6) is 0.230. The number of allylic oxidation sites excluding steroid dienone is 1. The quantitative estimate of drug-likeness (QED) is 0.265. The van der Waals surface area contributed by atoms with Crippen molar-refractivity contribution in [3.05, 3.63) is 71.3 Å². The van der Waals surface area contributed by atoms with E-state index in [1.165, 1.54) is 0 Å². The van der Waals surface area contributed by atoms with Gasteiger partial charge in [0.05, 0.1) is 33.0 Å². The lowest BCUT2D eigenvalue weighted by molar-refractivity contribution is -0.140. The van der Waals surface area contributed by atoms with Crippen LogP contribution >= 0.6 is 0 Å². The van der Waals surface area contributed by atoms with Gasteiger partial charge in [0.25, 0.3) is 0 Å². The van der Waals surface area contributed by atoms with Gasteiger partial charge in [0.1, 0.15) is 18.1 Å². The minimum Gasteiger partial charge on any atom is -0.508 e. The Morgan fingerprint density at radius 1 is 0.818 bits per heavy atom. The van der Waals surface area contributed by atoms with Gasteiger partial charge in [-0.15, -0.1) is 0 Å². The smallest absolute Gasteiger partial charge is 0.333 e. The molecule has 0 aliphatic rings. The molecule has 7 nitrogen and oxygen atoms in total. The summed E-state index contributed by atoms with van der Waals surface area (Å²) in [4.78, 5) is 11.1. The number of aromatic hydroxyl groups is 2. The van der Waals surface area contributed by atoms with Gasteiger partial charge in [0.2, 0.25) is 0 Å². The van der Waals surface area contributed by atoms with E-state index in [-0.39, 0.29) is 36.1 Å². The third-order valence-electron chi connectivity index (χ3n) is 5.00. The molecule has 2 aromatic rings. The number of benzene rings is 2. The van der Waals surface area contributed by atoms with Gasteiger partial charge in [0.15, 0.2) is 0 Å². The van der Waals surface area contributed by atoms with Crippen LogP contribution in [0.5, 0.6) is 11.5 Å². The summed E-state index contributed by atoms with van der Waals surface area (Å²) in [6, 6.07) is 14.4. The molecule has 0 aromatic heterocycles. The van der Waals surface area contributed by atoms with E-state index in [0.717, 1.165) is 11.1 Å². The SMILES string of the molecule is C/C=C(\C)C(=O)OCCOCCOCCO.CC(C)(c1ccc(O)cc1)c1ccc(O)cc1. The summed E-state index contributed by atoms with van der Waals surface area (Å²) in [5.41, 5.74) is 2.69. The Hall–Kier alpha value is -2.87. The number of ether oxygens (including phenoxy) is 3. The lowest BCUT2D eigenvalue weighted by Crippen LogP contribution is -2.18. The van der Waals surface area contributed by atoms with Gasteiger partial charge in [-0.3, -0.25) is 0 Å². The molecule has 3 N–H and O–H groups in total. The first-order valence-electron chi connectivity index (χ1n) is 10.9. The van der Waals surface area contributed by atoms with Gasteiger partial charge in [-0.2, -0.15) is 0 Å². The van der Waals surface area contributed by atoms with Crippen molar-refractivity contribution in [2.45, 2.75) is 33.1 Å². The second-order valence-corrected chi connectivity index (χ2v) is 7.77. The van der Waals surface area contributed by atoms with Crippen LogP contribution in [0.25, 0.3) is 0 Å². The van der Waals surface area contributed by atoms with Crippen LogP contribution in [0.1, 0.15) is 38.8 Å². The summed E-state index contributed by atoms with van der Waals surface area (Å²) in [5, 5.41) is 27.0. The highest BCUT2D eigenvalue weighted by molar-refractivity contribution is 5.87. The van der Waals surface area contributed by atoms with Crippen molar-refractivity contribution in [3.8, 4) is 11.5 Å². The molecule has 0 radical (unpaired) electrons. The van der Waals surface area contributed by atoms with Crippen LogP contribution < -0.4 is 0 Å². The number of aliphatic hydroxyl groups is 1. The summed E-state index contributed by atoms with van der Waals surface area (Å²) in [6.45, 7) is 9.51. The molecule has 0 atom stereocenters. The molecule has 7 heteroatoms. The van der Waals surface area contributed by atoms with Gasteiger partial charge < -0.3 is 29.5 Å². The highest BCUT2D eigenvalue weighted by Gasteiger charge is 2.22. The average Bonchev–Trinajstić information content (AvgIpc) is 2.81. The van der Waals surface area contributed by atoms with Crippen LogP contribution in [-0.2, 0) is 24.4 Å². The standard InChI is InChI=1S/C15H16O2.C11H20O5/c1-15(2,11-3-7-13(16)8-4-11)12-5-9-14(17)10-6-12;1-3-10(2)11(13)16-9-8-15-7-6-14-5-4-12/h3-10,16-17H,1-2H3;3,12H,4-9H2,1-2H3/b;10-3+. The average molecular weight is 461 g/mol. The van der Waals surface area contributed by atoms with E-state index in [0.29, 0.717) is 32.0 Å². The minimum atomic E-state index is -0.317. The fourth-order valence-corrected chi connectivity index (χ4v) is 2.73. The summed E-state index contributed by atoms with van der Waals surface area (Å²) >= 11 is 0. The number of carbonyl (C=O) groups is 1. The molecule has 0 heterocycles. The van der Waals surface area contributed by atoms with E-state index in [1.807, 2.05) is 24.3 Å². The van der Waals surface area contributed by atoms with Crippen molar-refractivity contribution >= 4 is 5.97 Å². The number of rotatable bonds is 11. The maximum Gasteiger partial charge on any atom is 0.333 e. The molecule has 0 bridgehead atoms. The van der Waals surface area contributed by atoms with Crippen molar-refractivity contribution in [2.24, 2.45) is 0 Å². The van der Waals surface area contributed by atoms with E-state index >= 15 is 0 Å². The van der Waals surface area contributed by atoms with Gasteiger partial charge in [-0.05, 0) is 49.2 Å². The normalized spacial score (nSPS) is 11.5. The number of phenols is 2. The predicted octanol–water partition coefficient (Wildman–Crippen LogP) is 3.95. The van der Waals surface area contributed by atoms with Crippen molar-refractivity contribution in [1.82, 2.24) is 0 Å². The van der Waals surface area contributed by atoms with Crippen molar-refractivity contribution < 1.29 is 34.3 Å². The molecule has 0 aliphatic carbocycles. The van der Waals surface area contributed by atoms with Gasteiger partial charge in [-0.25, -0.2) is 4.79 Å². The Morgan fingerprint density at radius 2 is 1.24 bits per heavy atom. The number of phenolic OH excluding ortho intramolecular Hbond substituents is 2. The monoisotopic (exact) mass is 460 g/mol. The molecule has 0 fully saturated rings. The first kappa shape index (κ1) is 28.2. The summed E-state index contributed by atoms with van der Waals surface area (Å²) in [6.07, 6.45) is 1.70. The molecule has 0 spiro atoms. The molecular weight excluding hydrogens is 424 g/mol. The topological polar surface area (TPSA) is 105 Å². The van der Waals surface area contributed by atoms with Crippen LogP contribution in [0.3, 0.4) is 0 Å². The summed E-state index contributed by atoms with van der Waals surface area (Å²) < 4.78 is 15.0. The zero-order valence-electron chi connectivity index (χ0n) is 19.9. The Bertz CT molecular complexity index is 792. The molecule has 0 amide bonds. The number of carbonyl (C=O) groups excluding carboxylic acids is 1. The summed E-state index contributed by atoms with van der Waals surface area (Å²) in [7, 11) is 0. The molecule has 0 saturated carbocycles. The number of aliphatic hydroxyl groups excluding tert-OH is 1. The molecule has 33 heavy (non-hydrogen) atoms. The molecule has 0 saturated heterocycles. The van der Waals surface area contributed by atoms with Crippen molar-refractivity contribution in [1.29, 1.82) is 0 Å². The van der Waals surface area contributed by atoms with Crippen molar-refractivity contribution in [3.63, 3.8) is 0 Å². The Morgan fingerprint density at radius 3 is 1.67 bits per heavy atom. The Balaban J connectivity index is 0.000000331. The Labute approximate surface area is 196 Å². The Kier molecular flexibility index (Phi) is 12.8. The van der Waals surface area contributed by atoms with Gasteiger partial charge in [0, 0.05) is 11.0 Å². The van der Waals surface area contributed by atoms with E-state index in [1.54, 1.807) is 44.2 Å². The molecule has 2 rings (SSSR count). The molecule has 182 valence electrons. The number of hydrogen-bond donors (Lipinski definition) is 3. The highest BCUT2D eigenvalue weighted by Crippen LogP contribution is 2.32. The minimum absolute atomic E-state index is 0.0141. The largest absolute Gasteiger partial charge is 0.508 e. The molecule has 0 aliphatic heterocycles. The maximum absolute atomic E-state index is 11.1. The second-order valence-electron chi connectivity index (χ2n) is 7.77. The van der Waals surface area contributed by atoms with Crippen LogP contribution in [0.15, 0.2) is 60.2 Å². The van der Waals surface area contributed by atoms with E-state index in [4.69, 9.17) is 19.3 Å². The first-order valence-corrected chi connectivity index (χ1v) is 10.9. The molecule has 0 unspecified atom stereocenters. The fraction of sp³-hybridized carbons (Fsp3) is 0.423. The number of hydrogen-bond acceptors (Lipinski definition) is 7. The zero-order chi connectivity index (χ0) is 24.7. The van der Waals surface area contributed by atoms with Crippen LogP contribution in [-0.4, -0.2) is 60.9 Å². The van der Waals surface area contributed by atoms with E-state index in [2.05, 4.69) is 13.8 Å². The molecular formula is C26H36O7. The zero-order valence-corrected chi connectivity index (χ0v) is 19.9. The van der Waals surface area contributed by atoms with Crippen LogP contribution in [0, 0.1) is 0 Å². The van der Waals surface area contributed by atoms with Gasteiger partial charge >= 0.3 is 5.97 Å². The molecule has 2 aromatic carbocycles. The van der Waals surface area contributed by atoms with E-state index < -0.39 is 0 Å². The first-order chi connectivity index (χ1) is 15.7. The highest BCUT2D eigenvalue weighted by atomic mass is 16.6. The number of esters is 1. The van der Waals surface area contributed by atoms with Crippen LogP contribution in [0.4, 0.5) is 0 Å². The third-order valence-corrected chi connectivity index (χ3v) is 5.00. The van der Waals surface area contributed by atoms with Crippen LogP contribution in [0.2, 0.25) is 0 Å². The van der Waals surface area contributed by atoms with Crippen molar-refractivity contribution in [2.75, 3.05) is 39.6 Å². The lowest BCUT2D eigenvalue weighted by Gasteiger charge is -2.26. The third kappa shape index (κ3) is 10.5. The van der Waals surface area contributed by atoms with E-state index in [9.17, 15) is 15.0 Å². The lowest BCUT2D eigenvalue weighted by atomic mass is 9.78. The predicted molar refractivity (Wildman–Crippen MR) is 127 cm³/mol. The second kappa shape index (κ2) is 15.1. The maximum atomic E-state index is 11.1. The van der Waals surface area contributed by atoms with Gasteiger partial charge in [-0.1, -0.05) is 44.2 Å². The fourth-order valence-electron chi connectivity index (χ4n) is 2.73.